The predicted molar refractivity (Wildman–Crippen MR) is 388 cm³/mol. The van der Waals surface area contributed by atoms with Crippen molar-refractivity contribution < 1.29 is 113 Å². The fourth-order valence-corrected chi connectivity index (χ4v) is 13.3. The zero-order valence-electron chi connectivity index (χ0n) is 63.2. The van der Waals surface area contributed by atoms with Gasteiger partial charge >= 0.3 is 311 Å². The molecule has 0 aromatic heterocycles. The van der Waals surface area contributed by atoms with E-state index < -0.39 is 92.2 Å². The second-order valence-corrected chi connectivity index (χ2v) is 30.7. The zero-order valence-corrected chi connectivity index (χ0v) is 65.3. The normalized spacial score (nSPS) is 13.6. The minimum absolute atomic E-state index is 0.0509. The van der Waals surface area contributed by atoms with E-state index >= 15 is 0 Å². The van der Waals surface area contributed by atoms with E-state index in [-0.39, 0.29) is 186 Å². The molecule has 31 heteroatoms. The Morgan fingerprint density at radius 2 is 1.00 bits per heavy atom. The van der Waals surface area contributed by atoms with Crippen molar-refractivity contribution in [3.63, 3.8) is 0 Å². The molecule has 0 aliphatic carbocycles. The molecule has 103 heavy (non-hydrogen) atoms. The molecule has 0 spiro atoms. The van der Waals surface area contributed by atoms with Gasteiger partial charge in [-0.15, -0.1) is 0 Å². The second kappa shape index (κ2) is 60.1. The Morgan fingerprint density at radius 1 is 0.476 bits per heavy atom. The number of hydrogen-bond donors (Lipinski definition) is 14. The molecule has 5 atom stereocenters. The monoisotopic (exact) mass is 1580 g/mol. The van der Waals surface area contributed by atoms with Crippen LogP contribution in [-0.4, -0.2) is 234 Å². The minimum atomic E-state index is -1.20. The number of unbranched alkanes of at least 4 members (excludes halogenated alkanes) is 16. The number of carbonyl (C=O) groups excluding carboxylic acids is 10. The van der Waals surface area contributed by atoms with Crippen LogP contribution in [-0.2, 0) is 76.5 Å². The third-order valence-corrected chi connectivity index (χ3v) is 19.5. The average molecular weight is 1580 g/mol. The maximum atomic E-state index is 13.7. The topological polar surface area (TPSA) is 477 Å². The molecule has 0 unspecified atom stereocenters. The summed E-state index contributed by atoms with van der Waals surface area (Å²) in [4.78, 5) is 151. The Kier molecular flexibility index (Phi) is 57.3. The molecule has 0 aliphatic rings. The third kappa shape index (κ3) is 53.5. The third-order valence-electron chi connectivity index (χ3n) is 17.3. The summed E-state index contributed by atoms with van der Waals surface area (Å²) in [7, 11) is 0. The van der Waals surface area contributed by atoms with E-state index in [1.54, 1.807) is 34.6 Å². The molecule has 598 valence electrons. The van der Waals surface area contributed by atoms with Gasteiger partial charge in [0.25, 0.3) is 0 Å². The number of halogens is 1. The summed E-state index contributed by atoms with van der Waals surface area (Å²) in [5.74, 6) is -5.01. The second-order valence-electron chi connectivity index (χ2n) is 28.1. The van der Waals surface area contributed by atoms with Crippen molar-refractivity contribution in [3.05, 3.63) is 0 Å². The summed E-state index contributed by atoms with van der Waals surface area (Å²) in [6.45, 7) is 12.4. The standard InChI is InChI=1S/C72H133IN11O19/c1-53(2)44-72(7,82-48-60(88)70(3,4)76)62(90)47-81-56(30-26-35-74)67(96)73-52-83-71(5,6)61(89)46-80-55(59(87)45-79-58(49-85)68(75)97)29-24-25-36-77-65(93)51-103-43-40-100-38-27-28-54(86)50-102-42-41-101-39-37-78-63(91)34-33-57(69(98)99)84-64(92)31-22-20-18-16-14-12-10-8-9-11-13-15-17-19-21-23-32-66(94)95/h53,55-58,79-83,85H,8-52,74,76H2,1-7H3,(H2,75,97)(H,77,93)(H,78,91)(H,84,92)(H,94,95)(H,98,99)/q-1/t55-,56-,57-,58-,72-/m0/s1. The van der Waals surface area contributed by atoms with Crippen LogP contribution in [0.3, 0.4) is 0 Å². The Hall–Kier alpha value is -4.91. The molecule has 0 aliphatic heterocycles. The van der Waals surface area contributed by atoms with Crippen molar-refractivity contribution in [2.75, 3.05) is 110 Å². The first-order valence-corrected chi connectivity index (χ1v) is 39.9. The number of aliphatic carboxylic acids is 2. The van der Waals surface area contributed by atoms with Crippen LogP contribution >= 0.6 is 0 Å². The van der Waals surface area contributed by atoms with Crippen LogP contribution in [0.4, 0.5) is 0 Å². The van der Waals surface area contributed by atoms with Gasteiger partial charge in [0, 0.05) is 38.8 Å². The number of ketones is 5. The van der Waals surface area contributed by atoms with Crippen LogP contribution in [0.1, 0.15) is 228 Å². The number of aliphatic hydroxyl groups excluding tert-OH is 1. The fraction of sp³-hybridized carbons (Fsp3) is 0.833. The molecule has 0 rings (SSSR count). The SMILES string of the molecule is CC(C)C[C@](C)(NCC(=O)C(C)(C)N)C(=O)CN[C@@H](CCCN)C(=O)[I-]CNC(C)(C)C(=O)CN[C@@H](CCCCNC(=O)COCCOCCCC(=O)COCCOCCNC(=O)CC[C@H](NC(=O)CCCCCCCCCCCCCCCCCCC(=O)O)C(=O)O)C(=O)CN[C@@H](CO)C(N)=O. The van der Waals surface area contributed by atoms with Crippen molar-refractivity contribution in [1.29, 1.82) is 0 Å². The number of carboxylic acids is 2. The summed E-state index contributed by atoms with van der Waals surface area (Å²) in [5, 5.41) is 51.0. The molecule has 0 saturated heterocycles. The van der Waals surface area contributed by atoms with E-state index in [2.05, 4.69) is 42.5 Å². The Bertz CT molecular complexity index is 2460. The molecule has 0 fully saturated rings. The number of Topliss-reactive ketones (excluding diaryl/α,β-unsaturated/α-hetero) is 5. The Labute approximate surface area is 622 Å². The molecule has 0 saturated carbocycles. The first kappa shape index (κ1) is 98.1. The van der Waals surface area contributed by atoms with Gasteiger partial charge in [-0.05, 0) is 25.7 Å². The maximum absolute atomic E-state index is 13.7. The van der Waals surface area contributed by atoms with Crippen LogP contribution in [0, 0.1) is 5.92 Å². The number of primary amides is 1. The first-order valence-electron chi connectivity index (χ1n) is 37.3. The van der Waals surface area contributed by atoms with E-state index in [4.69, 9.17) is 41.3 Å². The number of nitrogens with two attached hydrogens (primary N) is 3. The van der Waals surface area contributed by atoms with Gasteiger partial charge in [-0.3, -0.25) is 28.8 Å². The number of rotatable bonds is 74. The van der Waals surface area contributed by atoms with Gasteiger partial charge in [0.05, 0.1) is 33.0 Å². The van der Waals surface area contributed by atoms with Crippen LogP contribution in [0.25, 0.3) is 0 Å². The van der Waals surface area contributed by atoms with Gasteiger partial charge in [0.1, 0.15) is 19.3 Å². The van der Waals surface area contributed by atoms with Crippen molar-refractivity contribution >= 4 is 68.3 Å². The van der Waals surface area contributed by atoms with Crippen molar-refractivity contribution in [2.24, 2.45) is 23.1 Å². The van der Waals surface area contributed by atoms with Crippen LogP contribution in [0.2, 0.25) is 0 Å². The van der Waals surface area contributed by atoms with Gasteiger partial charge in [0.2, 0.25) is 17.7 Å². The summed E-state index contributed by atoms with van der Waals surface area (Å²) in [6, 6.07) is -3.85. The van der Waals surface area contributed by atoms with E-state index in [1.165, 1.54) is 51.4 Å². The molecular weight excluding hydrogens is 1450 g/mol. The van der Waals surface area contributed by atoms with Crippen LogP contribution in [0.5, 0.6) is 0 Å². The summed E-state index contributed by atoms with van der Waals surface area (Å²) < 4.78 is 21.9. The summed E-state index contributed by atoms with van der Waals surface area (Å²) in [5.41, 5.74) is 13.9. The number of hydrogen-bond acceptors (Lipinski definition) is 24. The van der Waals surface area contributed by atoms with Crippen molar-refractivity contribution in [3.8, 4) is 0 Å². The van der Waals surface area contributed by atoms with E-state index in [1.807, 2.05) is 13.8 Å². The number of ether oxygens (including phenoxy) is 4. The number of carbonyl (C=O) groups is 12. The van der Waals surface area contributed by atoms with E-state index in [0.29, 0.717) is 51.5 Å². The van der Waals surface area contributed by atoms with E-state index in [0.717, 1.165) is 44.9 Å². The van der Waals surface area contributed by atoms with Crippen molar-refractivity contribution in [2.45, 2.75) is 269 Å². The number of aliphatic hydroxyl groups is 1. The Balaban J connectivity index is 4.49. The summed E-state index contributed by atoms with van der Waals surface area (Å²) in [6.07, 6.45) is 21.1. The van der Waals surface area contributed by atoms with Gasteiger partial charge in [-0.2, -0.15) is 0 Å². The molecule has 4 amide bonds. The molecule has 30 nitrogen and oxygen atoms in total. The smallest absolute Gasteiger partial charge is 0.394 e. The molecule has 0 heterocycles. The molecule has 17 N–H and O–H groups in total. The number of amides is 4. The van der Waals surface area contributed by atoms with Gasteiger partial charge < -0.3 is 50.6 Å². The van der Waals surface area contributed by atoms with Crippen molar-refractivity contribution in [1.82, 2.24) is 42.5 Å². The molecule has 0 bridgehead atoms. The number of alkyl halides is 1. The number of carboxylic acid groups (broad SMARTS) is 2. The molecule has 0 aromatic rings. The minimum Gasteiger partial charge on any atom is -0.394 e. The quantitative estimate of drug-likeness (QED) is 0.0122. The zero-order chi connectivity index (χ0) is 77.3. The van der Waals surface area contributed by atoms with Crippen LogP contribution in [0.15, 0.2) is 0 Å². The Morgan fingerprint density at radius 3 is 1.55 bits per heavy atom. The molecule has 0 aromatic carbocycles. The first-order chi connectivity index (χ1) is 48.9. The fourth-order valence-electron chi connectivity index (χ4n) is 10.7. The van der Waals surface area contributed by atoms with E-state index in [9.17, 15) is 67.7 Å². The number of nitrogens with one attached hydrogen (secondary N) is 8. The van der Waals surface area contributed by atoms with Gasteiger partial charge in [0.15, 0.2) is 5.78 Å². The molecular formula is C72H133IN11O19-. The van der Waals surface area contributed by atoms with Gasteiger partial charge in [-0.25, -0.2) is 4.79 Å². The van der Waals surface area contributed by atoms with Crippen LogP contribution < -0.4 is 80.9 Å². The predicted octanol–water partition coefficient (Wildman–Crippen LogP) is -0.299. The molecule has 0 radical (unpaired) electrons. The average Bonchev–Trinajstić information content (AvgIpc) is 0.836. The summed E-state index contributed by atoms with van der Waals surface area (Å²) >= 11 is -1.19. The van der Waals surface area contributed by atoms with Gasteiger partial charge in [-0.1, -0.05) is 89.9 Å².